The molecular formula is C13H15F4NO. The minimum absolute atomic E-state index is 0.0165. The summed E-state index contributed by atoms with van der Waals surface area (Å²) in [6.07, 6.45) is -1.74. The summed E-state index contributed by atoms with van der Waals surface area (Å²) in [5, 5.41) is 0. The van der Waals surface area contributed by atoms with Gasteiger partial charge in [0.25, 0.3) is 0 Å². The number of carbonyl (C=O) groups excluding carboxylic acids is 1. The van der Waals surface area contributed by atoms with Crippen LogP contribution in [0.3, 0.4) is 0 Å². The normalized spacial score (nSPS) is 22.5. The van der Waals surface area contributed by atoms with Crippen molar-refractivity contribution in [1.82, 2.24) is 4.90 Å². The van der Waals surface area contributed by atoms with Crippen molar-refractivity contribution in [3.63, 3.8) is 0 Å². The van der Waals surface area contributed by atoms with Crippen LogP contribution in [0.2, 0.25) is 0 Å². The second kappa shape index (κ2) is 6.04. The fourth-order valence-electron chi connectivity index (χ4n) is 2.02. The van der Waals surface area contributed by atoms with Crippen LogP contribution in [0.5, 0.6) is 0 Å². The summed E-state index contributed by atoms with van der Waals surface area (Å²) in [4.78, 5) is 12.3. The maximum atomic E-state index is 13.7. The molecule has 6 heteroatoms. The third-order valence-corrected chi connectivity index (χ3v) is 2.80. The van der Waals surface area contributed by atoms with E-state index in [2.05, 4.69) is 6.58 Å². The van der Waals surface area contributed by atoms with E-state index < -0.39 is 24.5 Å². The number of halogens is 4. The molecule has 0 saturated carbocycles. The van der Waals surface area contributed by atoms with Gasteiger partial charge in [0.05, 0.1) is 0 Å². The molecule has 1 heterocycles. The molecule has 19 heavy (non-hydrogen) atoms. The molecule has 1 saturated heterocycles. The Morgan fingerprint density at radius 3 is 2.53 bits per heavy atom. The molecule has 0 aromatic heterocycles. The SMILES string of the molecule is C=C/C(F)=C1/CCCC(=O)N(CC(F)(F)F)/C1=C/C. The van der Waals surface area contributed by atoms with Gasteiger partial charge in [0.2, 0.25) is 5.91 Å². The molecule has 0 atom stereocenters. The first-order valence-electron chi connectivity index (χ1n) is 5.85. The number of carbonyl (C=O) groups is 1. The quantitative estimate of drug-likeness (QED) is 0.701. The Hall–Kier alpha value is -1.59. The van der Waals surface area contributed by atoms with Gasteiger partial charge >= 0.3 is 6.18 Å². The molecule has 0 spiro atoms. The summed E-state index contributed by atoms with van der Waals surface area (Å²) in [5.74, 6) is -1.33. The number of likely N-dealkylation sites (tertiary alicyclic amines) is 1. The lowest BCUT2D eigenvalue weighted by atomic mass is 10.1. The van der Waals surface area contributed by atoms with Gasteiger partial charge in [-0.05, 0) is 25.8 Å². The maximum Gasteiger partial charge on any atom is 0.406 e. The molecule has 0 N–H and O–H groups in total. The monoisotopic (exact) mass is 277 g/mol. The average Bonchev–Trinajstić information content (AvgIpc) is 2.47. The van der Waals surface area contributed by atoms with Gasteiger partial charge in [-0.15, -0.1) is 0 Å². The highest BCUT2D eigenvalue weighted by molar-refractivity contribution is 5.80. The predicted molar refractivity (Wildman–Crippen MR) is 63.7 cm³/mol. The average molecular weight is 277 g/mol. The maximum absolute atomic E-state index is 13.7. The molecule has 2 nitrogen and oxygen atoms in total. The van der Waals surface area contributed by atoms with Crippen molar-refractivity contribution < 1.29 is 22.4 Å². The first-order chi connectivity index (χ1) is 8.80. The second-order valence-electron chi connectivity index (χ2n) is 4.15. The summed E-state index contributed by atoms with van der Waals surface area (Å²) in [6.45, 7) is 3.34. The molecule has 0 bridgehead atoms. The van der Waals surface area contributed by atoms with E-state index in [4.69, 9.17) is 0 Å². The lowest BCUT2D eigenvalue weighted by molar-refractivity contribution is -0.156. The van der Waals surface area contributed by atoms with Crippen molar-refractivity contribution in [1.29, 1.82) is 0 Å². The Labute approximate surface area is 109 Å². The predicted octanol–water partition coefficient (Wildman–Crippen LogP) is 3.87. The first-order valence-corrected chi connectivity index (χ1v) is 5.85. The van der Waals surface area contributed by atoms with Gasteiger partial charge in [-0.25, -0.2) is 4.39 Å². The summed E-state index contributed by atoms with van der Waals surface area (Å²) >= 11 is 0. The fraction of sp³-hybridized carbons (Fsp3) is 0.462. The largest absolute Gasteiger partial charge is 0.406 e. The number of nitrogens with zero attached hydrogens (tertiary/aromatic N) is 1. The molecule has 0 unspecified atom stereocenters. The molecule has 1 aliphatic heterocycles. The molecule has 0 aromatic carbocycles. The standard InChI is InChI=1S/C13H15F4NO/c1-3-10(14)9-6-5-7-12(19)18(11(9)4-2)8-13(15,16)17/h3-4H,1,5-8H2,2H3/b10-9+,11-4+. The third kappa shape index (κ3) is 3.94. The van der Waals surface area contributed by atoms with Crippen LogP contribution >= 0.6 is 0 Å². The third-order valence-electron chi connectivity index (χ3n) is 2.80. The Balaban J connectivity index is 3.23. The van der Waals surface area contributed by atoms with Crippen LogP contribution in [0.25, 0.3) is 0 Å². The van der Waals surface area contributed by atoms with Gasteiger partial charge in [0.15, 0.2) is 0 Å². The molecule has 106 valence electrons. The highest BCUT2D eigenvalue weighted by atomic mass is 19.4. The van der Waals surface area contributed by atoms with Crippen LogP contribution < -0.4 is 0 Å². The zero-order valence-corrected chi connectivity index (χ0v) is 10.6. The number of amides is 1. The van der Waals surface area contributed by atoms with Crippen molar-refractivity contribution in [2.75, 3.05) is 6.54 Å². The Kier molecular flexibility index (Phi) is 4.91. The van der Waals surface area contributed by atoms with Crippen LogP contribution in [0.4, 0.5) is 17.6 Å². The Bertz CT molecular complexity index is 434. The molecule has 1 fully saturated rings. The Morgan fingerprint density at radius 2 is 2.05 bits per heavy atom. The van der Waals surface area contributed by atoms with Crippen LogP contribution in [-0.4, -0.2) is 23.5 Å². The fourth-order valence-corrected chi connectivity index (χ4v) is 2.02. The van der Waals surface area contributed by atoms with Gasteiger partial charge in [0.1, 0.15) is 12.4 Å². The van der Waals surface area contributed by atoms with Crippen molar-refractivity contribution in [2.45, 2.75) is 32.4 Å². The van der Waals surface area contributed by atoms with Crippen LogP contribution in [0.1, 0.15) is 26.2 Å². The number of hydrogen-bond acceptors (Lipinski definition) is 1. The number of allylic oxidation sites excluding steroid dienone is 4. The van der Waals surface area contributed by atoms with E-state index in [1.807, 2.05) is 0 Å². The summed E-state index contributed by atoms with van der Waals surface area (Å²) < 4.78 is 51.2. The lowest BCUT2D eigenvalue weighted by Gasteiger charge is -2.25. The van der Waals surface area contributed by atoms with Crippen LogP contribution in [0.15, 0.2) is 35.8 Å². The molecular weight excluding hydrogens is 262 g/mol. The van der Waals surface area contributed by atoms with Gasteiger partial charge in [-0.1, -0.05) is 12.7 Å². The van der Waals surface area contributed by atoms with Crippen molar-refractivity contribution >= 4 is 5.91 Å². The van der Waals surface area contributed by atoms with E-state index in [-0.39, 0.29) is 24.1 Å². The topological polar surface area (TPSA) is 20.3 Å². The minimum Gasteiger partial charge on any atom is -0.303 e. The van der Waals surface area contributed by atoms with E-state index in [0.29, 0.717) is 11.3 Å². The van der Waals surface area contributed by atoms with Gasteiger partial charge in [0, 0.05) is 17.7 Å². The van der Waals surface area contributed by atoms with E-state index in [9.17, 15) is 22.4 Å². The molecule has 1 aliphatic rings. The van der Waals surface area contributed by atoms with Gasteiger partial charge in [-0.3, -0.25) is 4.79 Å². The highest BCUT2D eigenvalue weighted by Crippen LogP contribution is 2.32. The van der Waals surface area contributed by atoms with E-state index in [0.717, 1.165) is 6.08 Å². The van der Waals surface area contributed by atoms with Crippen LogP contribution in [0, 0.1) is 0 Å². The highest BCUT2D eigenvalue weighted by Gasteiger charge is 2.36. The Morgan fingerprint density at radius 1 is 1.42 bits per heavy atom. The lowest BCUT2D eigenvalue weighted by Crippen LogP contribution is -2.37. The smallest absolute Gasteiger partial charge is 0.303 e. The van der Waals surface area contributed by atoms with Crippen molar-refractivity contribution in [2.24, 2.45) is 0 Å². The first kappa shape index (κ1) is 15.5. The number of hydrogen-bond donors (Lipinski definition) is 0. The molecule has 0 aliphatic carbocycles. The molecule has 0 aromatic rings. The van der Waals surface area contributed by atoms with E-state index >= 15 is 0 Å². The van der Waals surface area contributed by atoms with Gasteiger partial charge in [-0.2, -0.15) is 13.2 Å². The second-order valence-corrected chi connectivity index (χ2v) is 4.15. The van der Waals surface area contributed by atoms with Crippen molar-refractivity contribution in [3.8, 4) is 0 Å². The molecule has 0 radical (unpaired) electrons. The van der Waals surface area contributed by atoms with E-state index in [1.165, 1.54) is 13.0 Å². The number of rotatable bonds is 2. The minimum atomic E-state index is -4.52. The van der Waals surface area contributed by atoms with Gasteiger partial charge < -0.3 is 4.90 Å². The van der Waals surface area contributed by atoms with Crippen molar-refractivity contribution in [3.05, 3.63) is 35.8 Å². The molecule has 1 amide bonds. The molecule has 1 rings (SSSR count). The zero-order valence-electron chi connectivity index (χ0n) is 10.6. The van der Waals surface area contributed by atoms with Crippen LogP contribution in [-0.2, 0) is 4.79 Å². The summed E-state index contributed by atoms with van der Waals surface area (Å²) in [5.41, 5.74) is 0.0878. The van der Waals surface area contributed by atoms with E-state index in [1.54, 1.807) is 0 Å². The zero-order chi connectivity index (χ0) is 14.6. The number of alkyl halides is 3. The summed E-state index contributed by atoms with van der Waals surface area (Å²) in [6, 6.07) is 0. The summed E-state index contributed by atoms with van der Waals surface area (Å²) in [7, 11) is 0.